The highest BCUT2D eigenvalue weighted by molar-refractivity contribution is 8.13. The van der Waals surface area contributed by atoms with Gasteiger partial charge in [0.15, 0.2) is 0 Å². The van der Waals surface area contributed by atoms with Gasteiger partial charge in [0.2, 0.25) is 0 Å². The van der Waals surface area contributed by atoms with Gasteiger partial charge < -0.3 is 9.57 Å². The van der Waals surface area contributed by atoms with Crippen molar-refractivity contribution in [1.82, 2.24) is 0 Å². The highest BCUT2D eigenvalue weighted by atomic mass is 35.5. The van der Waals surface area contributed by atoms with Gasteiger partial charge in [0.1, 0.15) is 23.0 Å². The lowest BCUT2D eigenvalue weighted by Crippen LogP contribution is -2.18. The van der Waals surface area contributed by atoms with E-state index in [1.54, 1.807) is 23.9 Å². The third kappa shape index (κ3) is 4.23. The Morgan fingerprint density at radius 1 is 1.48 bits per heavy atom. The molecule has 0 aromatic heterocycles. The summed E-state index contributed by atoms with van der Waals surface area (Å²) in [5.41, 5.74) is 0.570. The highest BCUT2D eigenvalue weighted by Gasteiger charge is 2.29. The SMILES string of the molecule is C#CCOc1ccc(Cl)c(Cl)c1CSC1=NOC(C)(C)C1. The van der Waals surface area contributed by atoms with Gasteiger partial charge in [-0.05, 0) is 26.0 Å². The number of terminal acetylenes is 1. The largest absolute Gasteiger partial charge is 0.481 e. The molecule has 1 aliphatic rings. The predicted molar refractivity (Wildman–Crippen MR) is 89.3 cm³/mol. The molecule has 0 spiro atoms. The first-order valence-corrected chi connectivity index (χ1v) is 8.08. The minimum absolute atomic E-state index is 0.187. The van der Waals surface area contributed by atoms with Gasteiger partial charge >= 0.3 is 0 Å². The summed E-state index contributed by atoms with van der Waals surface area (Å²) in [5, 5.41) is 5.98. The quantitative estimate of drug-likeness (QED) is 0.739. The molecule has 0 amide bonds. The molecular formula is C15H15Cl2NO2S. The van der Waals surface area contributed by atoms with E-state index in [4.69, 9.17) is 39.2 Å². The molecule has 1 heterocycles. The van der Waals surface area contributed by atoms with Crippen molar-refractivity contribution >= 4 is 40.0 Å². The van der Waals surface area contributed by atoms with Crippen molar-refractivity contribution in [2.24, 2.45) is 5.16 Å². The summed E-state index contributed by atoms with van der Waals surface area (Å²) >= 11 is 13.9. The number of nitrogens with zero attached hydrogens (tertiary/aromatic N) is 1. The molecule has 0 radical (unpaired) electrons. The van der Waals surface area contributed by atoms with E-state index in [9.17, 15) is 0 Å². The van der Waals surface area contributed by atoms with Crippen LogP contribution in [0.4, 0.5) is 0 Å². The lowest BCUT2D eigenvalue weighted by molar-refractivity contribution is 0.0123. The molecule has 1 aromatic rings. The van der Waals surface area contributed by atoms with Gasteiger partial charge in [0, 0.05) is 17.7 Å². The Morgan fingerprint density at radius 3 is 2.86 bits per heavy atom. The van der Waals surface area contributed by atoms with Crippen LogP contribution in [0, 0.1) is 12.3 Å². The molecule has 21 heavy (non-hydrogen) atoms. The van der Waals surface area contributed by atoms with Gasteiger partial charge in [-0.1, -0.05) is 34.3 Å². The van der Waals surface area contributed by atoms with Gasteiger partial charge in [-0.3, -0.25) is 0 Å². The monoisotopic (exact) mass is 343 g/mol. The smallest absolute Gasteiger partial charge is 0.148 e. The van der Waals surface area contributed by atoms with Gasteiger partial charge in [-0.2, -0.15) is 0 Å². The molecule has 0 aliphatic carbocycles. The van der Waals surface area contributed by atoms with E-state index in [1.165, 1.54) is 0 Å². The normalized spacial score (nSPS) is 16.0. The van der Waals surface area contributed by atoms with Gasteiger partial charge in [-0.15, -0.1) is 18.2 Å². The van der Waals surface area contributed by atoms with Crippen LogP contribution in [-0.2, 0) is 10.6 Å². The topological polar surface area (TPSA) is 30.8 Å². The average Bonchev–Trinajstić information content (AvgIpc) is 2.78. The fourth-order valence-corrected chi connectivity index (χ4v) is 3.42. The van der Waals surface area contributed by atoms with E-state index >= 15 is 0 Å². The molecular weight excluding hydrogens is 329 g/mol. The summed E-state index contributed by atoms with van der Waals surface area (Å²) < 4.78 is 5.51. The van der Waals surface area contributed by atoms with Crippen molar-refractivity contribution in [1.29, 1.82) is 0 Å². The van der Waals surface area contributed by atoms with Crippen molar-refractivity contribution < 1.29 is 9.57 Å². The summed E-state index contributed by atoms with van der Waals surface area (Å²) in [6.45, 7) is 4.18. The van der Waals surface area contributed by atoms with Crippen LogP contribution in [0.5, 0.6) is 5.75 Å². The first kappa shape index (κ1) is 16.4. The van der Waals surface area contributed by atoms with E-state index < -0.39 is 0 Å². The Morgan fingerprint density at radius 2 is 2.24 bits per heavy atom. The highest BCUT2D eigenvalue weighted by Crippen LogP contribution is 2.37. The van der Waals surface area contributed by atoms with Crippen molar-refractivity contribution in [3.05, 3.63) is 27.7 Å². The minimum Gasteiger partial charge on any atom is -0.481 e. The minimum atomic E-state index is -0.247. The lowest BCUT2D eigenvalue weighted by Gasteiger charge is -2.14. The zero-order valence-electron chi connectivity index (χ0n) is 11.8. The first-order chi connectivity index (χ1) is 9.93. The van der Waals surface area contributed by atoms with E-state index in [0.717, 1.165) is 17.0 Å². The van der Waals surface area contributed by atoms with E-state index in [2.05, 4.69) is 11.1 Å². The molecule has 1 aromatic carbocycles. The summed E-state index contributed by atoms with van der Waals surface area (Å²) in [7, 11) is 0. The standard InChI is InChI=1S/C15H15Cl2NO2S/c1-4-7-19-12-6-5-11(16)14(17)10(12)9-21-13-8-15(2,3)20-18-13/h1,5-6H,7-9H2,2-3H3. The zero-order valence-corrected chi connectivity index (χ0v) is 14.1. The molecule has 3 nitrogen and oxygen atoms in total. The second-order valence-corrected chi connectivity index (χ2v) is 6.97. The second-order valence-electron chi connectivity index (χ2n) is 5.13. The van der Waals surface area contributed by atoms with Crippen LogP contribution in [0.25, 0.3) is 0 Å². The number of oxime groups is 1. The molecule has 0 unspecified atom stereocenters. The Balaban J connectivity index is 2.11. The molecule has 0 bridgehead atoms. The maximum absolute atomic E-state index is 6.27. The number of hydrogen-bond acceptors (Lipinski definition) is 4. The third-order valence-electron chi connectivity index (χ3n) is 2.82. The van der Waals surface area contributed by atoms with Gasteiger partial charge in [-0.25, -0.2) is 0 Å². The number of thioether (sulfide) groups is 1. The fourth-order valence-electron chi connectivity index (χ4n) is 1.80. The Labute approximate surface area is 139 Å². The Hall–Kier alpha value is -1.02. The molecule has 0 fully saturated rings. The van der Waals surface area contributed by atoms with Crippen molar-refractivity contribution in [2.75, 3.05) is 6.61 Å². The Bertz CT molecular complexity index is 608. The summed E-state index contributed by atoms with van der Waals surface area (Å²) in [5.74, 6) is 3.68. The summed E-state index contributed by atoms with van der Waals surface area (Å²) in [6, 6.07) is 3.47. The van der Waals surface area contributed by atoms with Crippen LogP contribution in [0.1, 0.15) is 25.8 Å². The zero-order chi connectivity index (χ0) is 15.5. The van der Waals surface area contributed by atoms with E-state index in [-0.39, 0.29) is 12.2 Å². The lowest BCUT2D eigenvalue weighted by atomic mass is 10.1. The molecule has 0 saturated carbocycles. The average molecular weight is 344 g/mol. The van der Waals surface area contributed by atoms with Crippen LogP contribution in [-0.4, -0.2) is 17.3 Å². The number of rotatable bonds is 4. The summed E-state index contributed by atoms with van der Waals surface area (Å²) in [6.07, 6.45) is 6.00. The van der Waals surface area contributed by atoms with Crippen molar-refractivity contribution in [3.63, 3.8) is 0 Å². The fraction of sp³-hybridized carbons (Fsp3) is 0.400. The third-order valence-corrected chi connectivity index (χ3v) is 4.65. The van der Waals surface area contributed by atoms with Crippen LogP contribution < -0.4 is 4.74 Å². The van der Waals surface area contributed by atoms with Crippen LogP contribution in [0.2, 0.25) is 10.0 Å². The number of hydrogen-bond donors (Lipinski definition) is 0. The molecule has 0 N–H and O–H groups in total. The first-order valence-electron chi connectivity index (χ1n) is 6.34. The molecule has 112 valence electrons. The van der Waals surface area contributed by atoms with Gasteiger partial charge in [0.05, 0.1) is 10.0 Å². The number of benzene rings is 1. The maximum Gasteiger partial charge on any atom is 0.148 e. The van der Waals surface area contributed by atoms with Gasteiger partial charge in [0.25, 0.3) is 0 Å². The van der Waals surface area contributed by atoms with E-state index in [0.29, 0.717) is 21.5 Å². The molecule has 0 atom stereocenters. The van der Waals surface area contributed by atoms with E-state index in [1.807, 2.05) is 13.8 Å². The van der Waals surface area contributed by atoms with Crippen LogP contribution in [0.15, 0.2) is 17.3 Å². The molecule has 6 heteroatoms. The van der Waals surface area contributed by atoms with Crippen LogP contribution in [0.3, 0.4) is 0 Å². The molecule has 0 saturated heterocycles. The summed E-state index contributed by atoms with van der Waals surface area (Å²) in [4.78, 5) is 5.34. The maximum atomic E-state index is 6.27. The van der Waals surface area contributed by atoms with Crippen molar-refractivity contribution in [3.8, 4) is 18.1 Å². The second kappa shape index (κ2) is 6.83. The number of halogens is 2. The molecule has 1 aliphatic heterocycles. The van der Waals surface area contributed by atoms with Crippen LogP contribution >= 0.6 is 35.0 Å². The predicted octanol–water partition coefficient (Wildman–Crippen LogP) is 4.75. The number of ether oxygens (including phenoxy) is 1. The van der Waals surface area contributed by atoms with Crippen molar-refractivity contribution in [2.45, 2.75) is 31.6 Å². The Kier molecular flexibility index (Phi) is 5.32. The molecule has 2 rings (SSSR count).